The van der Waals surface area contributed by atoms with E-state index >= 15 is 0 Å². The lowest BCUT2D eigenvalue weighted by molar-refractivity contribution is -0.129. The Kier molecular flexibility index (Phi) is 6.49. The van der Waals surface area contributed by atoms with Gasteiger partial charge in [0.05, 0.1) is 21.4 Å². The summed E-state index contributed by atoms with van der Waals surface area (Å²) in [6.07, 6.45) is 2.14. The van der Waals surface area contributed by atoms with Crippen molar-refractivity contribution in [3.63, 3.8) is 0 Å². The van der Waals surface area contributed by atoms with Gasteiger partial charge in [-0.1, -0.05) is 29.3 Å². The van der Waals surface area contributed by atoms with E-state index in [1.807, 2.05) is 0 Å². The van der Waals surface area contributed by atoms with Crippen LogP contribution < -0.4 is 9.80 Å². The van der Waals surface area contributed by atoms with Gasteiger partial charge >= 0.3 is 0 Å². The van der Waals surface area contributed by atoms with Gasteiger partial charge in [-0.05, 0) is 48.9 Å². The molecule has 1 atom stereocenters. The molecule has 2 aliphatic heterocycles. The summed E-state index contributed by atoms with van der Waals surface area (Å²) < 4.78 is 27.3. The predicted octanol–water partition coefficient (Wildman–Crippen LogP) is 5.30. The number of rotatable bonds is 4. The zero-order chi connectivity index (χ0) is 23.0. The summed E-state index contributed by atoms with van der Waals surface area (Å²) in [5, 5.41) is 0.279. The minimum absolute atomic E-state index is 0.0790. The van der Waals surface area contributed by atoms with Crippen molar-refractivity contribution in [3.8, 4) is 0 Å². The Morgan fingerprint density at radius 3 is 2.19 bits per heavy atom. The molecule has 0 bridgehead atoms. The fraction of sp³-hybridized carbons (Fsp3) is 0.348. The Morgan fingerprint density at radius 1 is 0.906 bits per heavy atom. The maximum absolute atomic E-state index is 14.1. The summed E-state index contributed by atoms with van der Waals surface area (Å²) in [7, 11) is 0. The quantitative estimate of drug-likeness (QED) is 0.557. The third-order valence-electron chi connectivity index (χ3n) is 5.84. The van der Waals surface area contributed by atoms with Crippen molar-refractivity contribution >= 4 is 52.3 Å². The van der Waals surface area contributed by atoms with Crippen LogP contribution in [0.2, 0.25) is 10.0 Å². The number of carbonyl (C=O) groups is 3. The molecule has 3 amide bonds. The van der Waals surface area contributed by atoms with E-state index in [1.54, 1.807) is 0 Å². The van der Waals surface area contributed by atoms with E-state index in [9.17, 15) is 23.2 Å². The third kappa shape index (κ3) is 4.50. The van der Waals surface area contributed by atoms with Crippen LogP contribution in [0.1, 0.15) is 37.7 Å². The van der Waals surface area contributed by atoms with Crippen LogP contribution in [0, 0.1) is 17.6 Å². The lowest BCUT2D eigenvalue weighted by atomic mass is 9.90. The average molecular weight is 481 g/mol. The van der Waals surface area contributed by atoms with Crippen molar-refractivity contribution < 1.29 is 23.2 Å². The first kappa shape index (κ1) is 22.7. The first-order chi connectivity index (χ1) is 15.2. The minimum atomic E-state index is -0.643. The van der Waals surface area contributed by atoms with Crippen LogP contribution in [0.25, 0.3) is 0 Å². The fourth-order valence-electron chi connectivity index (χ4n) is 4.28. The van der Waals surface area contributed by atoms with Gasteiger partial charge in [-0.15, -0.1) is 0 Å². The molecule has 0 saturated carbocycles. The number of anilines is 2. The maximum atomic E-state index is 14.1. The fourth-order valence-corrected chi connectivity index (χ4v) is 4.95. The average Bonchev–Trinajstić information content (AvgIpc) is 2.71. The Labute approximate surface area is 193 Å². The van der Waals surface area contributed by atoms with Crippen LogP contribution >= 0.6 is 23.2 Å². The van der Waals surface area contributed by atoms with Crippen LogP contribution in [0.5, 0.6) is 0 Å². The van der Waals surface area contributed by atoms with E-state index in [0.29, 0.717) is 30.5 Å². The number of halogens is 4. The summed E-state index contributed by atoms with van der Waals surface area (Å²) in [6.45, 7) is 0.260. The van der Waals surface area contributed by atoms with Crippen molar-refractivity contribution in [1.82, 2.24) is 0 Å². The molecule has 4 rings (SSSR count). The summed E-state index contributed by atoms with van der Waals surface area (Å²) >= 11 is 12.9. The van der Waals surface area contributed by atoms with E-state index in [0.717, 1.165) is 11.0 Å². The number of carbonyl (C=O) groups excluding carboxylic acids is 3. The highest BCUT2D eigenvalue weighted by molar-refractivity contribution is 6.40. The lowest BCUT2D eigenvalue weighted by Gasteiger charge is -2.34. The monoisotopic (exact) mass is 480 g/mol. The highest BCUT2D eigenvalue weighted by Gasteiger charge is 2.32. The number of imide groups is 1. The largest absolute Gasteiger partial charge is 0.309 e. The van der Waals surface area contributed by atoms with Crippen molar-refractivity contribution in [2.24, 2.45) is 5.92 Å². The Morgan fingerprint density at radius 2 is 1.56 bits per heavy atom. The van der Waals surface area contributed by atoms with Crippen molar-refractivity contribution in [1.29, 1.82) is 0 Å². The zero-order valence-electron chi connectivity index (χ0n) is 17.0. The van der Waals surface area contributed by atoms with E-state index < -0.39 is 11.6 Å². The topological polar surface area (TPSA) is 57.7 Å². The molecule has 9 heteroatoms. The second kappa shape index (κ2) is 9.16. The maximum Gasteiger partial charge on any atom is 0.233 e. The Bertz CT molecular complexity index is 1070. The number of hydrogen-bond acceptors (Lipinski definition) is 3. The predicted molar refractivity (Wildman–Crippen MR) is 118 cm³/mol. The van der Waals surface area contributed by atoms with Gasteiger partial charge < -0.3 is 4.90 Å². The highest BCUT2D eigenvalue weighted by Crippen LogP contribution is 2.41. The second-order valence-corrected chi connectivity index (χ2v) is 8.90. The van der Waals surface area contributed by atoms with Crippen LogP contribution in [0.3, 0.4) is 0 Å². The molecule has 0 radical (unpaired) electrons. The molecule has 2 heterocycles. The summed E-state index contributed by atoms with van der Waals surface area (Å²) in [6, 6.07) is 6.38. The minimum Gasteiger partial charge on any atom is -0.309 e. The molecule has 2 fully saturated rings. The SMILES string of the molecule is O=C1CCC(Cc2ccc(F)cc2F)CN1c1c(Cl)cc(N2C(=O)CCCC2=O)cc1Cl. The van der Waals surface area contributed by atoms with Crippen molar-refractivity contribution in [2.45, 2.75) is 38.5 Å². The molecule has 0 N–H and O–H groups in total. The van der Waals surface area contributed by atoms with Gasteiger partial charge in [0.15, 0.2) is 0 Å². The number of piperidine rings is 2. The summed E-state index contributed by atoms with van der Waals surface area (Å²) in [4.78, 5) is 39.7. The molecule has 2 aliphatic rings. The van der Waals surface area contributed by atoms with E-state index in [-0.39, 0.29) is 65.2 Å². The van der Waals surface area contributed by atoms with Gasteiger partial charge in [-0.25, -0.2) is 8.78 Å². The third-order valence-corrected chi connectivity index (χ3v) is 6.42. The van der Waals surface area contributed by atoms with Gasteiger partial charge in [0.1, 0.15) is 11.6 Å². The van der Waals surface area contributed by atoms with Crippen LogP contribution in [0.15, 0.2) is 30.3 Å². The van der Waals surface area contributed by atoms with Gasteiger partial charge in [0, 0.05) is 31.9 Å². The van der Waals surface area contributed by atoms with Crippen LogP contribution in [0.4, 0.5) is 20.2 Å². The molecule has 1 unspecified atom stereocenters. The second-order valence-electron chi connectivity index (χ2n) is 8.08. The Balaban J connectivity index is 1.59. The van der Waals surface area contributed by atoms with Crippen LogP contribution in [-0.2, 0) is 20.8 Å². The number of amides is 3. The van der Waals surface area contributed by atoms with Crippen molar-refractivity contribution in [3.05, 3.63) is 57.6 Å². The lowest BCUT2D eigenvalue weighted by Crippen LogP contribution is -2.42. The van der Waals surface area contributed by atoms with Gasteiger partial charge in [0.25, 0.3) is 0 Å². The standard InChI is InChI=1S/C23H20Cl2F2N2O3/c24-17-10-16(29-21(31)2-1-3-22(29)32)11-18(25)23(17)28-12-13(4-7-20(28)30)8-14-5-6-15(26)9-19(14)27/h5-6,9-11,13H,1-4,7-8,12H2. The first-order valence-electron chi connectivity index (χ1n) is 10.3. The van der Waals surface area contributed by atoms with Crippen LogP contribution in [-0.4, -0.2) is 24.3 Å². The number of benzene rings is 2. The normalized spacial score (nSPS) is 19.6. The number of nitrogens with zero attached hydrogens (tertiary/aromatic N) is 2. The van der Waals surface area contributed by atoms with Gasteiger partial charge in [-0.3, -0.25) is 19.3 Å². The molecule has 2 aromatic carbocycles. The van der Waals surface area contributed by atoms with E-state index in [2.05, 4.69) is 0 Å². The molecule has 32 heavy (non-hydrogen) atoms. The molecule has 2 aromatic rings. The Hall–Kier alpha value is -2.51. The number of hydrogen-bond donors (Lipinski definition) is 0. The summed E-state index contributed by atoms with van der Waals surface area (Å²) in [5.74, 6) is -2.17. The molecular formula is C23H20Cl2F2N2O3. The zero-order valence-corrected chi connectivity index (χ0v) is 18.6. The molecule has 0 aliphatic carbocycles. The highest BCUT2D eigenvalue weighted by atomic mass is 35.5. The molecule has 0 spiro atoms. The molecule has 0 aromatic heterocycles. The molecule has 2 saturated heterocycles. The molecule has 168 valence electrons. The van der Waals surface area contributed by atoms with Gasteiger partial charge in [-0.2, -0.15) is 0 Å². The van der Waals surface area contributed by atoms with E-state index in [1.165, 1.54) is 29.2 Å². The molecule has 5 nitrogen and oxygen atoms in total. The summed E-state index contributed by atoms with van der Waals surface area (Å²) in [5.41, 5.74) is 0.941. The molecular weight excluding hydrogens is 461 g/mol. The first-order valence-corrected chi connectivity index (χ1v) is 11.1. The smallest absolute Gasteiger partial charge is 0.233 e. The van der Waals surface area contributed by atoms with E-state index in [4.69, 9.17) is 23.2 Å². The van der Waals surface area contributed by atoms with Crippen molar-refractivity contribution in [2.75, 3.05) is 16.3 Å². The van der Waals surface area contributed by atoms with Gasteiger partial charge in [0.2, 0.25) is 17.7 Å².